The molecule has 4 heteroatoms. The number of rotatable bonds is 4. The molecule has 17 heavy (non-hydrogen) atoms. The lowest BCUT2D eigenvalue weighted by atomic mass is 10.2. The average Bonchev–Trinajstić information content (AvgIpc) is 2.30. The second-order valence-electron chi connectivity index (χ2n) is 4.44. The van der Waals surface area contributed by atoms with Crippen molar-refractivity contribution in [1.29, 1.82) is 0 Å². The van der Waals surface area contributed by atoms with Gasteiger partial charge in [-0.05, 0) is 25.6 Å². The van der Waals surface area contributed by atoms with Crippen LogP contribution in [0.15, 0.2) is 18.2 Å². The molecule has 4 nitrogen and oxygen atoms in total. The van der Waals surface area contributed by atoms with Crippen LogP contribution in [-0.2, 0) is 0 Å². The van der Waals surface area contributed by atoms with Crippen molar-refractivity contribution in [2.75, 3.05) is 33.4 Å². The number of aryl methyl sites for hydroxylation is 1. The highest BCUT2D eigenvalue weighted by Crippen LogP contribution is 2.34. The summed E-state index contributed by atoms with van der Waals surface area (Å²) in [6.45, 7) is 4.16. The lowest BCUT2D eigenvalue weighted by molar-refractivity contribution is 0.0606. The first-order valence-corrected chi connectivity index (χ1v) is 5.89. The van der Waals surface area contributed by atoms with Gasteiger partial charge in [0.1, 0.15) is 12.7 Å². The van der Waals surface area contributed by atoms with E-state index >= 15 is 0 Å². The second-order valence-corrected chi connectivity index (χ2v) is 4.44. The van der Waals surface area contributed by atoms with E-state index in [1.807, 2.05) is 37.1 Å². The maximum absolute atomic E-state index is 8.85. The summed E-state index contributed by atoms with van der Waals surface area (Å²) >= 11 is 0. The van der Waals surface area contributed by atoms with E-state index in [4.69, 9.17) is 14.6 Å². The normalized spacial score (nSPS) is 18.5. The molecule has 0 radical (unpaired) electrons. The Morgan fingerprint density at radius 3 is 3.06 bits per heavy atom. The zero-order valence-electron chi connectivity index (χ0n) is 10.3. The maximum Gasteiger partial charge on any atom is 0.164 e. The van der Waals surface area contributed by atoms with Crippen molar-refractivity contribution in [1.82, 2.24) is 4.90 Å². The Morgan fingerprint density at radius 2 is 2.29 bits per heavy atom. The molecule has 0 fully saturated rings. The van der Waals surface area contributed by atoms with Crippen LogP contribution in [0.5, 0.6) is 11.5 Å². The fourth-order valence-corrected chi connectivity index (χ4v) is 1.97. The average molecular weight is 237 g/mol. The molecule has 2 rings (SSSR count). The standard InChI is InChI=1S/C13H19NO3/c1-10-4-3-5-12-13(10)17-11(9-16-12)8-14(2)6-7-15/h3-5,11,15H,6-9H2,1-2H3. The molecule has 1 N–H and O–H groups in total. The van der Waals surface area contributed by atoms with E-state index in [-0.39, 0.29) is 12.7 Å². The van der Waals surface area contributed by atoms with Crippen LogP contribution in [0.4, 0.5) is 0 Å². The molecule has 1 aliphatic rings. The van der Waals surface area contributed by atoms with Gasteiger partial charge in [0.15, 0.2) is 11.5 Å². The van der Waals surface area contributed by atoms with E-state index < -0.39 is 0 Å². The zero-order valence-corrected chi connectivity index (χ0v) is 10.3. The van der Waals surface area contributed by atoms with Crippen LogP contribution in [0.25, 0.3) is 0 Å². The smallest absolute Gasteiger partial charge is 0.164 e. The predicted octanol–water partition coefficient (Wildman–Crippen LogP) is 1.06. The van der Waals surface area contributed by atoms with E-state index in [1.54, 1.807) is 0 Å². The summed E-state index contributed by atoms with van der Waals surface area (Å²) in [5.74, 6) is 1.67. The summed E-state index contributed by atoms with van der Waals surface area (Å²) in [5, 5.41) is 8.85. The number of aliphatic hydroxyl groups excluding tert-OH is 1. The molecule has 0 amide bonds. The minimum Gasteiger partial charge on any atom is -0.486 e. The van der Waals surface area contributed by atoms with Gasteiger partial charge in [-0.1, -0.05) is 12.1 Å². The Balaban J connectivity index is 2.00. The van der Waals surface area contributed by atoms with Crippen LogP contribution in [0.1, 0.15) is 5.56 Å². The number of benzene rings is 1. The summed E-state index contributed by atoms with van der Waals surface area (Å²) in [5.41, 5.74) is 1.09. The van der Waals surface area contributed by atoms with Crippen molar-refractivity contribution in [2.24, 2.45) is 0 Å². The number of nitrogens with zero attached hydrogens (tertiary/aromatic N) is 1. The molecule has 0 spiro atoms. The van der Waals surface area contributed by atoms with E-state index in [0.29, 0.717) is 13.2 Å². The fourth-order valence-electron chi connectivity index (χ4n) is 1.97. The largest absolute Gasteiger partial charge is 0.486 e. The van der Waals surface area contributed by atoms with Crippen molar-refractivity contribution in [3.8, 4) is 11.5 Å². The van der Waals surface area contributed by atoms with Gasteiger partial charge in [0.25, 0.3) is 0 Å². The zero-order chi connectivity index (χ0) is 12.3. The van der Waals surface area contributed by atoms with Crippen LogP contribution in [0, 0.1) is 6.92 Å². The van der Waals surface area contributed by atoms with Crippen LogP contribution in [0.2, 0.25) is 0 Å². The van der Waals surface area contributed by atoms with Crippen LogP contribution in [-0.4, -0.2) is 49.5 Å². The molecule has 0 bridgehead atoms. The third-order valence-electron chi connectivity index (χ3n) is 2.88. The number of aliphatic hydroxyl groups is 1. The van der Waals surface area contributed by atoms with Gasteiger partial charge >= 0.3 is 0 Å². The van der Waals surface area contributed by atoms with Gasteiger partial charge in [0.05, 0.1) is 6.61 Å². The molecule has 0 aromatic heterocycles. The van der Waals surface area contributed by atoms with Gasteiger partial charge < -0.3 is 19.5 Å². The van der Waals surface area contributed by atoms with E-state index in [1.165, 1.54) is 0 Å². The van der Waals surface area contributed by atoms with Gasteiger partial charge in [-0.3, -0.25) is 0 Å². The lowest BCUT2D eigenvalue weighted by Crippen LogP contribution is -2.40. The van der Waals surface area contributed by atoms with Crippen LogP contribution < -0.4 is 9.47 Å². The quantitative estimate of drug-likeness (QED) is 0.850. The topological polar surface area (TPSA) is 41.9 Å². The Hall–Kier alpha value is -1.26. The molecule has 1 aromatic rings. The Kier molecular flexibility index (Phi) is 3.86. The number of para-hydroxylation sites is 1. The van der Waals surface area contributed by atoms with Crippen molar-refractivity contribution in [3.05, 3.63) is 23.8 Å². The second kappa shape index (κ2) is 5.38. The molecular formula is C13H19NO3. The van der Waals surface area contributed by atoms with Crippen molar-refractivity contribution >= 4 is 0 Å². The molecule has 94 valence electrons. The maximum atomic E-state index is 8.85. The Bertz CT molecular complexity index is 381. The first kappa shape index (κ1) is 12.2. The highest BCUT2D eigenvalue weighted by atomic mass is 16.6. The fraction of sp³-hybridized carbons (Fsp3) is 0.538. The lowest BCUT2D eigenvalue weighted by Gasteiger charge is -2.30. The third-order valence-corrected chi connectivity index (χ3v) is 2.88. The van der Waals surface area contributed by atoms with Crippen LogP contribution in [0.3, 0.4) is 0 Å². The summed E-state index contributed by atoms with van der Waals surface area (Å²) < 4.78 is 11.6. The summed E-state index contributed by atoms with van der Waals surface area (Å²) in [6.07, 6.45) is 0.0279. The van der Waals surface area contributed by atoms with Gasteiger partial charge in [-0.2, -0.15) is 0 Å². The molecule has 1 unspecified atom stereocenters. The highest BCUT2D eigenvalue weighted by Gasteiger charge is 2.23. The third kappa shape index (κ3) is 2.90. The van der Waals surface area contributed by atoms with Gasteiger partial charge in [0.2, 0.25) is 0 Å². The Morgan fingerprint density at radius 1 is 1.47 bits per heavy atom. The molecule has 0 saturated carbocycles. The monoisotopic (exact) mass is 237 g/mol. The van der Waals surface area contributed by atoms with E-state index in [0.717, 1.165) is 23.6 Å². The van der Waals surface area contributed by atoms with Gasteiger partial charge in [-0.15, -0.1) is 0 Å². The highest BCUT2D eigenvalue weighted by molar-refractivity contribution is 5.46. The van der Waals surface area contributed by atoms with Gasteiger partial charge in [0, 0.05) is 13.1 Å². The molecule has 0 aliphatic carbocycles. The molecule has 1 atom stereocenters. The molecule has 1 aliphatic heterocycles. The predicted molar refractivity (Wildman–Crippen MR) is 65.7 cm³/mol. The van der Waals surface area contributed by atoms with Crippen molar-refractivity contribution < 1.29 is 14.6 Å². The summed E-state index contributed by atoms with van der Waals surface area (Å²) in [6, 6.07) is 5.91. The first-order valence-electron chi connectivity index (χ1n) is 5.89. The number of fused-ring (bicyclic) bond motifs is 1. The Labute approximate surface area is 102 Å². The van der Waals surface area contributed by atoms with Crippen molar-refractivity contribution in [3.63, 3.8) is 0 Å². The van der Waals surface area contributed by atoms with Crippen molar-refractivity contribution in [2.45, 2.75) is 13.0 Å². The minimum atomic E-state index is 0.0279. The molecular weight excluding hydrogens is 218 g/mol. The SMILES string of the molecule is Cc1cccc2c1OC(CN(C)CCO)CO2. The summed E-state index contributed by atoms with van der Waals surface area (Å²) in [4.78, 5) is 2.04. The minimum absolute atomic E-state index is 0.0279. The molecule has 1 heterocycles. The van der Waals surface area contributed by atoms with Crippen LogP contribution >= 0.6 is 0 Å². The summed E-state index contributed by atoms with van der Waals surface area (Å²) in [7, 11) is 1.97. The van der Waals surface area contributed by atoms with Gasteiger partial charge in [-0.25, -0.2) is 0 Å². The number of hydrogen-bond acceptors (Lipinski definition) is 4. The molecule has 0 saturated heterocycles. The number of ether oxygens (including phenoxy) is 2. The number of likely N-dealkylation sites (N-methyl/N-ethyl adjacent to an activating group) is 1. The molecule has 1 aromatic carbocycles. The van der Waals surface area contributed by atoms with E-state index in [9.17, 15) is 0 Å². The number of hydrogen-bond donors (Lipinski definition) is 1. The first-order chi connectivity index (χ1) is 8.20. The van der Waals surface area contributed by atoms with E-state index in [2.05, 4.69) is 0 Å².